The summed E-state index contributed by atoms with van der Waals surface area (Å²) < 4.78 is 1.65. The van der Waals surface area contributed by atoms with Crippen LogP contribution in [-0.4, -0.2) is 16.5 Å². The Morgan fingerprint density at radius 1 is 1.12 bits per heavy atom. The van der Waals surface area contributed by atoms with Gasteiger partial charge in [-0.2, -0.15) is 0 Å². The van der Waals surface area contributed by atoms with Gasteiger partial charge in [0.15, 0.2) is 0 Å². The average Bonchev–Trinajstić information content (AvgIpc) is 2.54. The molecule has 0 aliphatic rings. The summed E-state index contributed by atoms with van der Waals surface area (Å²) in [7, 11) is 0. The van der Waals surface area contributed by atoms with Gasteiger partial charge in [-0.1, -0.05) is 51.1 Å². The third-order valence-electron chi connectivity index (χ3n) is 3.96. The predicted octanol–water partition coefficient (Wildman–Crippen LogP) is 1.89. The molecule has 0 aliphatic carbocycles. The first-order valence-corrected chi connectivity index (χ1v) is 8.04. The molecular weight excluding hydrogens is 302 g/mol. The summed E-state index contributed by atoms with van der Waals surface area (Å²) in [4.78, 5) is 23.8. The standard InChI is InChI=1S/C19H25N3O2/c1-19(2,3)17(20)18(24)21-12-14-7-9-15(10-8-14)13-22-11-5-4-6-16(22)23/h4-11,17H,12-13,20H2,1-3H3,(H,21,24)/t17-/m1/s1. The molecule has 3 N–H and O–H groups in total. The first kappa shape index (κ1) is 17.9. The van der Waals surface area contributed by atoms with E-state index in [1.807, 2.05) is 51.1 Å². The molecule has 0 radical (unpaired) electrons. The number of nitrogens with two attached hydrogens (primary N) is 1. The van der Waals surface area contributed by atoms with Gasteiger partial charge in [-0.15, -0.1) is 0 Å². The maximum Gasteiger partial charge on any atom is 0.250 e. The summed E-state index contributed by atoms with van der Waals surface area (Å²) in [6, 6.07) is 12.4. The number of hydrogen-bond donors (Lipinski definition) is 2. The molecule has 1 aromatic carbocycles. The van der Waals surface area contributed by atoms with Gasteiger partial charge in [-0.05, 0) is 22.6 Å². The third-order valence-corrected chi connectivity index (χ3v) is 3.96. The normalized spacial score (nSPS) is 12.7. The zero-order valence-corrected chi connectivity index (χ0v) is 14.5. The first-order valence-electron chi connectivity index (χ1n) is 8.04. The number of nitrogens with zero attached hydrogens (tertiary/aromatic N) is 1. The summed E-state index contributed by atoms with van der Waals surface area (Å²) in [5.41, 5.74) is 7.67. The maximum absolute atomic E-state index is 12.0. The Labute approximate surface area is 142 Å². The van der Waals surface area contributed by atoms with Crippen LogP contribution in [0.25, 0.3) is 0 Å². The fourth-order valence-corrected chi connectivity index (χ4v) is 2.24. The molecule has 1 amide bonds. The van der Waals surface area contributed by atoms with E-state index in [9.17, 15) is 9.59 Å². The number of rotatable bonds is 5. The second-order valence-electron chi connectivity index (χ2n) is 7.04. The van der Waals surface area contributed by atoms with Crippen molar-refractivity contribution in [3.05, 3.63) is 70.1 Å². The third kappa shape index (κ3) is 4.80. The maximum atomic E-state index is 12.0. The van der Waals surface area contributed by atoms with Gasteiger partial charge in [0.1, 0.15) is 0 Å². The highest BCUT2D eigenvalue weighted by atomic mass is 16.2. The van der Waals surface area contributed by atoms with Gasteiger partial charge >= 0.3 is 0 Å². The molecule has 1 atom stereocenters. The molecule has 0 bridgehead atoms. The zero-order chi connectivity index (χ0) is 17.7. The van der Waals surface area contributed by atoms with Gasteiger partial charge in [0.2, 0.25) is 5.91 Å². The lowest BCUT2D eigenvalue weighted by Crippen LogP contribution is -2.48. The summed E-state index contributed by atoms with van der Waals surface area (Å²) in [5, 5.41) is 2.86. The van der Waals surface area contributed by atoms with Gasteiger partial charge in [0, 0.05) is 18.8 Å². The number of carbonyl (C=O) groups is 1. The van der Waals surface area contributed by atoms with Crippen LogP contribution in [0.15, 0.2) is 53.5 Å². The minimum absolute atomic E-state index is 0.0231. The molecule has 1 heterocycles. The Balaban J connectivity index is 1.94. The Kier molecular flexibility index (Phi) is 5.57. The van der Waals surface area contributed by atoms with Crippen LogP contribution in [0.5, 0.6) is 0 Å². The van der Waals surface area contributed by atoms with Crippen LogP contribution in [0.2, 0.25) is 0 Å². The Morgan fingerprint density at radius 3 is 2.33 bits per heavy atom. The van der Waals surface area contributed by atoms with Crippen LogP contribution in [0.1, 0.15) is 31.9 Å². The quantitative estimate of drug-likeness (QED) is 0.880. The van der Waals surface area contributed by atoms with E-state index in [1.54, 1.807) is 22.9 Å². The van der Waals surface area contributed by atoms with E-state index >= 15 is 0 Å². The predicted molar refractivity (Wildman–Crippen MR) is 95.5 cm³/mol. The van der Waals surface area contributed by atoms with Crippen LogP contribution in [0, 0.1) is 5.41 Å². The molecule has 0 unspecified atom stereocenters. The lowest BCUT2D eigenvalue weighted by atomic mass is 9.87. The number of amides is 1. The molecule has 1 aromatic heterocycles. The fourth-order valence-electron chi connectivity index (χ4n) is 2.24. The van der Waals surface area contributed by atoms with Crippen molar-refractivity contribution >= 4 is 5.91 Å². The van der Waals surface area contributed by atoms with Crippen molar-refractivity contribution in [1.29, 1.82) is 0 Å². The zero-order valence-electron chi connectivity index (χ0n) is 14.5. The lowest BCUT2D eigenvalue weighted by Gasteiger charge is -2.25. The molecular formula is C19H25N3O2. The van der Waals surface area contributed by atoms with Crippen molar-refractivity contribution in [3.8, 4) is 0 Å². The van der Waals surface area contributed by atoms with Crippen molar-refractivity contribution < 1.29 is 4.79 Å². The second kappa shape index (κ2) is 7.45. The van der Waals surface area contributed by atoms with E-state index in [-0.39, 0.29) is 16.9 Å². The van der Waals surface area contributed by atoms with E-state index in [4.69, 9.17) is 5.73 Å². The monoisotopic (exact) mass is 327 g/mol. The molecule has 128 valence electrons. The fraction of sp³-hybridized carbons (Fsp3) is 0.368. The van der Waals surface area contributed by atoms with Gasteiger partial charge in [-0.25, -0.2) is 0 Å². The van der Waals surface area contributed by atoms with Gasteiger partial charge in [-0.3, -0.25) is 9.59 Å². The van der Waals surface area contributed by atoms with E-state index in [0.29, 0.717) is 13.1 Å². The van der Waals surface area contributed by atoms with Gasteiger partial charge in [0.05, 0.1) is 12.6 Å². The van der Waals surface area contributed by atoms with E-state index < -0.39 is 6.04 Å². The minimum Gasteiger partial charge on any atom is -0.351 e. The highest BCUT2D eigenvalue weighted by Crippen LogP contribution is 2.17. The number of nitrogens with one attached hydrogen (secondary N) is 1. The van der Waals surface area contributed by atoms with E-state index in [0.717, 1.165) is 11.1 Å². The molecule has 5 heteroatoms. The molecule has 2 rings (SSSR count). The number of pyridine rings is 1. The molecule has 0 saturated carbocycles. The summed E-state index contributed by atoms with van der Waals surface area (Å²) in [5.74, 6) is -0.151. The molecule has 24 heavy (non-hydrogen) atoms. The summed E-state index contributed by atoms with van der Waals surface area (Å²) in [6.45, 7) is 6.79. The molecule has 0 fully saturated rings. The van der Waals surface area contributed by atoms with E-state index in [2.05, 4.69) is 5.32 Å². The molecule has 0 aliphatic heterocycles. The minimum atomic E-state index is -0.540. The van der Waals surface area contributed by atoms with Crippen LogP contribution >= 0.6 is 0 Å². The van der Waals surface area contributed by atoms with Gasteiger partial charge in [0.25, 0.3) is 5.56 Å². The highest BCUT2D eigenvalue weighted by Gasteiger charge is 2.26. The van der Waals surface area contributed by atoms with Crippen LogP contribution in [0.3, 0.4) is 0 Å². The van der Waals surface area contributed by atoms with Crippen molar-refractivity contribution in [2.24, 2.45) is 11.1 Å². The smallest absolute Gasteiger partial charge is 0.250 e. The van der Waals surface area contributed by atoms with Crippen LogP contribution < -0.4 is 16.6 Å². The SMILES string of the molecule is CC(C)(C)[C@H](N)C(=O)NCc1ccc(Cn2ccccc2=O)cc1. The number of carbonyl (C=O) groups excluding carboxylic acids is 1. The van der Waals surface area contributed by atoms with Crippen LogP contribution in [-0.2, 0) is 17.9 Å². The summed E-state index contributed by atoms with van der Waals surface area (Å²) in [6.07, 6.45) is 1.77. The molecule has 0 spiro atoms. The second-order valence-corrected chi connectivity index (χ2v) is 7.04. The number of benzene rings is 1. The van der Waals surface area contributed by atoms with Crippen molar-refractivity contribution in [1.82, 2.24) is 9.88 Å². The van der Waals surface area contributed by atoms with Gasteiger partial charge < -0.3 is 15.6 Å². The van der Waals surface area contributed by atoms with Crippen LogP contribution in [0.4, 0.5) is 0 Å². The number of aromatic nitrogens is 1. The molecule has 5 nitrogen and oxygen atoms in total. The average molecular weight is 327 g/mol. The van der Waals surface area contributed by atoms with Crippen molar-refractivity contribution in [2.75, 3.05) is 0 Å². The molecule has 2 aromatic rings. The summed E-state index contributed by atoms with van der Waals surface area (Å²) >= 11 is 0. The lowest BCUT2D eigenvalue weighted by molar-refractivity contribution is -0.124. The Morgan fingerprint density at radius 2 is 1.75 bits per heavy atom. The number of hydrogen-bond acceptors (Lipinski definition) is 3. The van der Waals surface area contributed by atoms with Crippen molar-refractivity contribution in [3.63, 3.8) is 0 Å². The van der Waals surface area contributed by atoms with E-state index in [1.165, 1.54) is 0 Å². The Hall–Kier alpha value is -2.40. The largest absolute Gasteiger partial charge is 0.351 e. The highest BCUT2D eigenvalue weighted by molar-refractivity contribution is 5.82. The first-order chi connectivity index (χ1) is 11.3. The molecule has 0 saturated heterocycles. The van der Waals surface area contributed by atoms with Crippen molar-refractivity contribution in [2.45, 2.75) is 39.9 Å². The Bertz CT molecular complexity index is 742. The topological polar surface area (TPSA) is 77.1 Å².